The van der Waals surface area contributed by atoms with Gasteiger partial charge in [-0.25, -0.2) is 0 Å². The van der Waals surface area contributed by atoms with Gasteiger partial charge in [0, 0.05) is 18.7 Å². The molecular formula is C13H15NO4. The van der Waals surface area contributed by atoms with Crippen LogP contribution in [0.25, 0.3) is 0 Å². The summed E-state index contributed by atoms with van der Waals surface area (Å²) < 4.78 is 5.33. The van der Waals surface area contributed by atoms with Crippen LogP contribution in [0.3, 0.4) is 0 Å². The summed E-state index contributed by atoms with van der Waals surface area (Å²) >= 11 is 0. The van der Waals surface area contributed by atoms with Crippen molar-refractivity contribution in [2.24, 2.45) is 0 Å². The summed E-state index contributed by atoms with van der Waals surface area (Å²) in [5.41, 5.74) is 0.619. The van der Waals surface area contributed by atoms with E-state index in [-0.39, 0.29) is 12.3 Å². The van der Waals surface area contributed by atoms with Gasteiger partial charge in [-0.05, 0) is 12.1 Å². The number of rotatable bonds is 3. The van der Waals surface area contributed by atoms with Gasteiger partial charge in [0.15, 0.2) is 0 Å². The molecule has 96 valence electrons. The number of benzene rings is 1. The van der Waals surface area contributed by atoms with Gasteiger partial charge in [-0.3, -0.25) is 9.59 Å². The Morgan fingerprint density at radius 3 is 2.72 bits per heavy atom. The summed E-state index contributed by atoms with van der Waals surface area (Å²) in [6.07, 6.45) is -0.484. The van der Waals surface area contributed by atoms with E-state index in [2.05, 4.69) is 0 Å². The van der Waals surface area contributed by atoms with E-state index in [4.69, 9.17) is 9.84 Å². The summed E-state index contributed by atoms with van der Waals surface area (Å²) in [7, 11) is 0. The lowest BCUT2D eigenvalue weighted by atomic mass is 10.1. The number of nitrogens with zero attached hydrogens (tertiary/aromatic N) is 1. The van der Waals surface area contributed by atoms with Crippen LogP contribution >= 0.6 is 0 Å². The average molecular weight is 249 g/mol. The number of ether oxygens (including phenoxy) is 1. The number of aliphatic carboxylic acids is 1. The van der Waals surface area contributed by atoms with E-state index in [1.807, 2.05) is 18.2 Å². The molecule has 1 aliphatic rings. The highest BCUT2D eigenvalue weighted by molar-refractivity contribution is 5.94. The largest absolute Gasteiger partial charge is 0.481 e. The molecule has 1 atom stereocenters. The van der Waals surface area contributed by atoms with Gasteiger partial charge >= 0.3 is 5.97 Å². The first kappa shape index (κ1) is 12.6. The SMILES string of the molecule is O=C(O)CC1CN(C(=O)c2ccccc2)CCO1. The van der Waals surface area contributed by atoms with Crippen molar-refractivity contribution in [3.63, 3.8) is 0 Å². The quantitative estimate of drug-likeness (QED) is 0.868. The van der Waals surface area contributed by atoms with Crippen molar-refractivity contribution < 1.29 is 19.4 Å². The van der Waals surface area contributed by atoms with Gasteiger partial charge in [0.2, 0.25) is 0 Å². The zero-order valence-electron chi connectivity index (χ0n) is 9.91. The Balaban J connectivity index is 2.00. The summed E-state index contributed by atoms with van der Waals surface area (Å²) in [4.78, 5) is 24.4. The van der Waals surface area contributed by atoms with Gasteiger partial charge in [0.05, 0.1) is 19.1 Å². The second-order valence-corrected chi connectivity index (χ2v) is 4.21. The highest BCUT2D eigenvalue weighted by atomic mass is 16.5. The Kier molecular flexibility index (Phi) is 3.94. The zero-order chi connectivity index (χ0) is 13.0. The molecular weight excluding hydrogens is 234 g/mol. The molecule has 0 aliphatic carbocycles. The number of hydrogen-bond donors (Lipinski definition) is 1. The van der Waals surface area contributed by atoms with Gasteiger partial charge < -0.3 is 14.7 Å². The normalized spacial score (nSPS) is 19.6. The Morgan fingerprint density at radius 1 is 1.33 bits per heavy atom. The van der Waals surface area contributed by atoms with Crippen molar-refractivity contribution in [1.82, 2.24) is 4.90 Å². The van der Waals surface area contributed by atoms with Gasteiger partial charge in [0.1, 0.15) is 0 Å². The summed E-state index contributed by atoms with van der Waals surface area (Å²) in [6, 6.07) is 8.97. The second-order valence-electron chi connectivity index (χ2n) is 4.21. The maximum atomic E-state index is 12.2. The first-order valence-corrected chi connectivity index (χ1v) is 5.84. The molecule has 1 N–H and O–H groups in total. The third-order valence-corrected chi connectivity index (χ3v) is 2.85. The molecule has 0 spiro atoms. The van der Waals surface area contributed by atoms with Crippen molar-refractivity contribution in [2.45, 2.75) is 12.5 Å². The lowest BCUT2D eigenvalue weighted by molar-refractivity contribution is -0.141. The molecule has 1 unspecified atom stereocenters. The number of amides is 1. The van der Waals surface area contributed by atoms with Gasteiger partial charge in [-0.1, -0.05) is 18.2 Å². The van der Waals surface area contributed by atoms with E-state index in [9.17, 15) is 9.59 Å². The summed E-state index contributed by atoms with van der Waals surface area (Å²) in [5, 5.41) is 8.72. The van der Waals surface area contributed by atoms with Crippen LogP contribution in [-0.2, 0) is 9.53 Å². The van der Waals surface area contributed by atoms with Crippen molar-refractivity contribution >= 4 is 11.9 Å². The van der Waals surface area contributed by atoms with Crippen molar-refractivity contribution in [3.8, 4) is 0 Å². The van der Waals surface area contributed by atoms with Gasteiger partial charge in [-0.2, -0.15) is 0 Å². The summed E-state index contributed by atoms with van der Waals surface area (Å²) in [5.74, 6) is -0.983. The molecule has 1 aromatic rings. The monoisotopic (exact) mass is 249 g/mol. The topological polar surface area (TPSA) is 66.8 Å². The maximum Gasteiger partial charge on any atom is 0.306 e. The first-order chi connectivity index (χ1) is 8.66. The fraction of sp³-hybridized carbons (Fsp3) is 0.385. The van der Waals surface area contributed by atoms with Crippen LogP contribution in [0.1, 0.15) is 16.8 Å². The van der Waals surface area contributed by atoms with Crippen LogP contribution in [0.5, 0.6) is 0 Å². The smallest absolute Gasteiger partial charge is 0.306 e. The van der Waals surface area contributed by atoms with Gasteiger partial charge in [-0.15, -0.1) is 0 Å². The molecule has 0 bridgehead atoms. The standard InChI is InChI=1S/C13H15NO4/c15-12(16)8-11-9-14(6-7-18-11)13(17)10-4-2-1-3-5-10/h1-5,11H,6-9H2,(H,15,16). The van der Waals surface area contributed by atoms with Crippen LogP contribution in [0.15, 0.2) is 30.3 Å². The van der Waals surface area contributed by atoms with Crippen LogP contribution < -0.4 is 0 Å². The Hall–Kier alpha value is -1.88. The predicted molar refractivity (Wildman–Crippen MR) is 64.3 cm³/mol. The van der Waals surface area contributed by atoms with Crippen molar-refractivity contribution in [1.29, 1.82) is 0 Å². The molecule has 1 aliphatic heterocycles. The molecule has 1 amide bonds. The molecule has 5 nitrogen and oxygen atoms in total. The number of morpholine rings is 1. The maximum absolute atomic E-state index is 12.2. The number of carbonyl (C=O) groups excluding carboxylic acids is 1. The van der Waals surface area contributed by atoms with Crippen molar-refractivity contribution in [3.05, 3.63) is 35.9 Å². The minimum absolute atomic E-state index is 0.0709. The van der Waals surface area contributed by atoms with E-state index in [1.54, 1.807) is 17.0 Å². The first-order valence-electron chi connectivity index (χ1n) is 5.84. The van der Waals surface area contributed by atoms with Crippen LogP contribution in [0, 0.1) is 0 Å². The van der Waals surface area contributed by atoms with E-state index < -0.39 is 12.1 Å². The van der Waals surface area contributed by atoms with E-state index >= 15 is 0 Å². The predicted octanol–water partition coefficient (Wildman–Crippen LogP) is 1.00. The molecule has 1 aromatic carbocycles. The Morgan fingerprint density at radius 2 is 2.06 bits per heavy atom. The molecule has 1 heterocycles. The van der Waals surface area contributed by atoms with Crippen LogP contribution in [0.4, 0.5) is 0 Å². The lowest BCUT2D eigenvalue weighted by Crippen LogP contribution is -2.46. The minimum Gasteiger partial charge on any atom is -0.481 e. The highest BCUT2D eigenvalue weighted by Gasteiger charge is 2.26. The van der Waals surface area contributed by atoms with Crippen LogP contribution in [-0.4, -0.2) is 47.7 Å². The molecule has 1 saturated heterocycles. The molecule has 2 rings (SSSR count). The molecule has 18 heavy (non-hydrogen) atoms. The molecule has 5 heteroatoms. The zero-order valence-corrected chi connectivity index (χ0v) is 9.91. The molecule has 0 aromatic heterocycles. The van der Waals surface area contributed by atoms with Gasteiger partial charge in [0.25, 0.3) is 5.91 Å². The minimum atomic E-state index is -0.908. The molecule has 1 fully saturated rings. The number of carboxylic acid groups (broad SMARTS) is 1. The van der Waals surface area contributed by atoms with Crippen LogP contribution in [0.2, 0.25) is 0 Å². The van der Waals surface area contributed by atoms with E-state index in [0.29, 0.717) is 25.3 Å². The lowest BCUT2D eigenvalue weighted by Gasteiger charge is -2.32. The van der Waals surface area contributed by atoms with E-state index in [0.717, 1.165) is 0 Å². The molecule has 0 saturated carbocycles. The van der Waals surface area contributed by atoms with E-state index in [1.165, 1.54) is 0 Å². The fourth-order valence-corrected chi connectivity index (χ4v) is 1.99. The third kappa shape index (κ3) is 3.07. The highest BCUT2D eigenvalue weighted by Crippen LogP contribution is 2.12. The fourth-order valence-electron chi connectivity index (χ4n) is 1.99. The number of carboxylic acids is 1. The summed E-state index contributed by atoms with van der Waals surface area (Å²) in [6.45, 7) is 1.22. The average Bonchev–Trinajstić information content (AvgIpc) is 2.38. The second kappa shape index (κ2) is 5.64. The Labute approximate surface area is 105 Å². The Bertz CT molecular complexity index is 432. The number of carbonyl (C=O) groups is 2. The number of hydrogen-bond acceptors (Lipinski definition) is 3. The van der Waals surface area contributed by atoms with Crippen molar-refractivity contribution in [2.75, 3.05) is 19.7 Å². The third-order valence-electron chi connectivity index (χ3n) is 2.85. The molecule has 0 radical (unpaired) electrons.